The molecule has 0 aliphatic carbocycles. The standard InChI is InChI=1S/C14H15N3O3/c1-18-7-6-15-8-13-16-14(17-20-13)11-9-19-12-5-3-2-4-10(11)12/h2-5,9,15H,6-8H2,1H3. The summed E-state index contributed by atoms with van der Waals surface area (Å²) >= 11 is 0. The number of rotatable bonds is 6. The molecule has 0 saturated carbocycles. The van der Waals surface area contributed by atoms with Gasteiger partial charge in [0, 0.05) is 19.0 Å². The Hall–Kier alpha value is -2.18. The molecule has 0 saturated heterocycles. The van der Waals surface area contributed by atoms with Crippen molar-refractivity contribution in [2.45, 2.75) is 6.54 Å². The first kappa shape index (κ1) is 12.8. The van der Waals surface area contributed by atoms with Gasteiger partial charge in [-0.25, -0.2) is 0 Å². The van der Waals surface area contributed by atoms with Crippen molar-refractivity contribution in [3.8, 4) is 11.4 Å². The van der Waals surface area contributed by atoms with E-state index >= 15 is 0 Å². The van der Waals surface area contributed by atoms with Crippen molar-refractivity contribution >= 4 is 11.0 Å². The number of furan rings is 1. The Morgan fingerprint density at radius 2 is 2.20 bits per heavy atom. The van der Waals surface area contributed by atoms with Crippen LogP contribution in [0, 0.1) is 0 Å². The summed E-state index contributed by atoms with van der Waals surface area (Å²) in [6.07, 6.45) is 1.65. The number of hydrogen-bond acceptors (Lipinski definition) is 6. The predicted molar refractivity (Wildman–Crippen MR) is 73.1 cm³/mol. The van der Waals surface area contributed by atoms with Crippen LogP contribution in [0.2, 0.25) is 0 Å². The third kappa shape index (κ3) is 2.56. The highest BCUT2D eigenvalue weighted by Crippen LogP contribution is 2.28. The third-order valence-electron chi connectivity index (χ3n) is 2.95. The van der Waals surface area contributed by atoms with Crippen LogP contribution in [0.5, 0.6) is 0 Å². The van der Waals surface area contributed by atoms with E-state index in [1.807, 2.05) is 24.3 Å². The molecule has 0 fully saturated rings. The molecule has 20 heavy (non-hydrogen) atoms. The first-order valence-electron chi connectivity index (χ1n) is 6.37. The zero-order valence-electron chi connectivity index (χ0n) is 11.1. The van der Waals surface area contributed by atoms with Crippen molar-refractivity contribution in [1.82, 2.24) is 15.5 Å². The summed E-state index contributed by atoms with van der Waals surface area (Å²) in [6.45, 7) is 1.91. The Balaban J connectivity index is 1.76. The molecule has 2 heterocycles. The van der Waals surface area contributed by atoms with E-state index in [0.29, 0.717) is 24.9 Å². The Morgan fingerprint density at radius 3 is 3.10 bits per heavy atom. The van der Waals surface area contributed by atoms with Gasteiger partial charge >= 0.3 is 0 Å². The Labute approximate surface area is 115 Å². The van der Waals surface area contributed by atoms with Gasteiger partial charge in [0.2, 0.25) is 11.7 Å². The van der Waals surface area contributed by atoms with Crippen LogP contribution in [0.15, 0.2) is 39.5 Å². The van der Waals surface area contributed by atoms with E-state index in [-0.39, 0.29) is 0 Å². The first-order valence-corrected chi connectivity index (χ1v) is 6.37. The fraction of sp³-hybridized carbons (Fsp3) is 0.286. The largest absolute Gasteiger partial charge is 0.464 e. The lowest BCUT2D eigenvalue weighted by Gasteiger charge is -1.98. The number of aromatic nitrogens is 2. The highest BCUT2D eigenvalue weighted by Gasteiger charge is 2.13. The van der Waals surface area contributed by atoms with E-state index in [2.05, 4.69) is 15.5 Å². The Kier molecular flexibility index (Phi) is 3.76. The summed E-state index contributed by atoms with van der Waals surface area (Å²) < 4.78 is 15.6. The van der Waals surface area contributed by atoms with E-state index < -0.39 is 0 Å². The van der Waals surface area contributed by atoms with Gasteiger partial charge in [-0.1, -0.05) is 23.4 Å². The SMILES string of the molecule is COCCNCc1nc(-c2coc3ccccc23)no1. The Morgan fingerprint density at radius 1 is 1.30 bits per heavy atom. The van der Waals surface area contributed by atoms with Gasteiger partial charge in [-0.3, -0.25) is 0 Å². The maximum atomic E-state index is 5.47. The highest BCUT2D eigenvalue weighted by molar-refractivity contribution is 5.91. The van der Waals surface area contributed by atoms with E-state index in [1.54, 1.807) is 13.4 Å². The van der Waals surface area contributed by atoms with Gasteiger partial charge < -0.3 is 19.0 Å². The number of nitrogens with one attached hydrogen (secondary N) is 1. The van der Waals surface area contributed by atoms with Gasteiger partial charge in [-0.15, -0.1) is 0 Å². The second kappa shape index (κ2) is 5.85. The lowest BCUT2D eigenvalue weighted by molar-refractivity contribution is 0.197. The summed E-state index contributed by atoms with van der Waals surface area (Å²) in [5, 5.41) is 8.12. The number of benzene rings is 1. The number of para-hydroxylation sites is 1. The fourth-order valence-corrected chi connectivity index (χ4v) is 1.96. The van der Waals surface area contributed by atoms with Gasteiger partial charge in [0.1, 0.15) is 11.8 Å². The quantitative estimate of drug-likeness (QED) is 0.694. The molecular weight excluding hydrogens is 258 g/mol. The minimum absolute atomic E-state index is 0.520. The van der Waals surface area contributed by atoms with Crippen molar-refractivity contribution in [3.63, 3.8) is 0 Å². The van der Waals surface area contributed by atoms with Gasteiger partial charge in [0.15, 0.2) is 0 Å². The summed E-state index contributed by atoms with van der Waals surface area (Å²) in [5.74, 6) is 1.08. The molecule has 3 rings (SSSR count). The molecule has 0 spiro atoms. The molecule has 0 radical (unpaired) electrons. The lowest BCUT2D eigenvalue weighted by Crippen LogP contribution is -2.18. The highest BCUT2D eigenvalue weighted by atomic mass is 16.5. The minimum Gasteiger partial charge on any atom is -0.464 e. The maximum absolute atomic E-state index is 5.47. The molecule has 3 aromatic rings. The molecule has 2 aromatic heterocycles. The first-order chi connectivity index (χ1) is 9.88. The van der Waals surface area contributed by atoms with E-state index in [0.717, 1.165) is 23.1 Å². The monoisotopic (exact) mass is 273 g/mol. The van der Waals surface area contributed by atoms with Crippen LogP contribution >= 0.6 is 0 Å². The molecule has 0 atom stereocenters. The zero-order chi connectivity index (χ0) is 13.8. The molecule has 0 unspecified atom stereocenters. The van der Waals surface area contributed by atoms with Crippen LogP contribution < -0.4 is 5.32 Å². The normalized spacial score (nSPS) is 11.2. The number of ether oxygens (including phenoxy) is 1. The number of nitrogens with zero attached hydrogens (tertiary/aromatic N) is 2. The number of hydrogen-bond donors (Lipinski definition) is 1. The number of methoxy groups -OCH3 is 1. The van der Waals surface area contributed by atoms with Gasteiger partial charge in [0.05, 0.1) is 18.7 Å². The van der Waals surface area contributed by atoms with E-state index in [1.165, 1.54) is 0 Å². The molecule has 1 aromatic carbocycles. The van der Waals surface area contributed by atoms with E-state index in [4.69, 9.17) is 13.7 Å². The van der Waals surface area contributed by atoms with Crippen LogP contribution in [0.4, 0.5) is 0 Å². The average molecular weight is 273 g/mol. The van der Waals surface area contributed by atoms with Crippen molar-refractivity contribution in [2.24, 2.45) is 0 Å². The van der Waals surface area contributed by atoms with Crippen molar-refractivity contribution in [1.29, 1.82) is 0 Å². The molecule has 1 N–H and O–H groups in total. The minimum atomic E-state index is 0.520. The predicted octanol–water partition coefficient (Wildman–Crippen LogP) is 2.22. The fourth-order valence-electron chi connectivity index (χ4n) is 1.96. The van der Waals surface area contributed by atoms with Gasteiger partial charge in [0.25, 0.3) is 0 Å². The van der Waals surface area contributed by atoms with Gasteiger partial charge in [-0.05, 0) is 6.07 Å². The zero-order valence-corrected chi connectivity index (χ0v) is 11.1. The molecule has 0 aliphatic rings. The summed E-state index contributed by atoms with van der Waals surface area (Å²) in [4.78, 5) is 4.36. The molecule has 104 valence electrons. The smallest absolute Gasteiger partial charge is 0.240 e. The molecule has 0 bridgehead atoms. The molecular formula is C14H15N3O3. The van der Waals surface area contributed by atoms with Crippen LogP contribution in [-0.2, 0) is 11.3 Å². The Bertz CT molecular complexity index is 690. The van der Waals surface area contributed by atoms with Crippen molar-refractivity contribution < 1.29 is 13.7 Å². The molecule has 0 aliphatic heterocycles. The van der Waals surface area contributed by atoms with Crippen LogP contribution in [-0.4, -0.2) is 30.4 Å². The van der Waals surface area contributed by atoms with Crippen molar-refractivity contribution in [2.75, 3.05) is 20.3 Å². The van der Waals surface area contributed by atoms with E-state index in [9.17, 15) is 0 Å². The maximum Gasteiger partial charge on any atom is 0.240 e. The van der Waals surface area contributed by atoms with Crippen LogP contribution in [0.3, 0.4) is 0 Å². The molecule has 6 nitrogen and oxygen atoms in total. The summed E-state index contributed by atoms with van der Waals surface area (Å²) in [6, 6.07) is 7.76. The number of fused-ring (bicyclic) bond motifs is 1. The second-order valence-electron chi connectivity index (χ2n) is 4.33. The van der Waals surface area contributed by atoms with Crippen LogP contribution in [0.1, 0.15) is 5.89 Å². The third-order valence-corrected chi connectivity index (χ3v) is 2.95. The second-order valence-corrected chi connectivity index (χ2v) is 4.33. The molecule has 0 amide bonds. The average Bonchev–Trinajstić information content (AvgIpc) is 3.10. The summed E-state index contributed by atoms with van der Waals surface area (Å²) in [7, 11) is 1.66. The topological polar surface area (TPSA) is 73.3 Å². The van der Waals surface area contributed by atoms with Crippen LogP contribution in [0.25, 0.3) is 22.4 Å². The summed E-state index contributed by atoms with van der Waals surface area (Å²) in [5.41, 5.74) is 1.65. The lowest BCUT2D eigenvalue weighted by atomic mass is 10.2. The molecule has 6 heteroatoms. The van der Waals surface area contributed by atoms with Crippen molar-refractivity contribution in [3.05, 3.63) is 36.4 Å². The van der Waals surface area contributed by atoms with Gasteiger partial charge in [-0.2, -0.15) is 4.98 Å².